The predicted molar refractivity (Wildman–Crippen MR) is 150 cm³/mol. The molecule has 0 N–H and O–H groups in total. The fraction of sp³-hybridized carbons (Fsp3) is 0.250. The minimum Gasteiger partial charge on any atom is -0.403 e. The lowest BCUT2D eigenvalue weighted by Crippen LogP contribution is -2.05. The van der Waals surface area contributed by atoms with Gasteiger partial charge in [0.2, 0.25) is 0 Å². The van der Waals surface area contributed by atoms with E-state index in [4.69, 9.17) is 8.39 Å². The van der Waals surface area contributed by atoms with Crippen LogP contribution in [0.1, 0.15) is 47.9 Å². The molecule has 1 aromatic heterocycles. The number of aryl methyl sites for hydroxylation is 4. The van der Waals surface area contributed by atoms with E-state index in [9.17, 15) is 0 Å². The fourth-order valence-corrected chi connectivity index (χ4v) is 7.54. The van der Waals surface area contributed by atoms with Gasteiger partial charge >= 0.3 is 8.16 Å². The number of benzene rings is 4. The topological polar surface area (TPSA) is 29.5 Å². The molecular formula is C32H30NO2P. The highest BCUT2D eigenvalue weighted by molar-refractivity contribution is 7.40. The number of fused-ring (bicyclic) bond motifs is 7. The summed E-state index contributed by atoms with van der Waals surface area (Å²) in [5.74, 6) is 0. The molecule has 0 atom stereocenters. The molecule has 0 aliphatic heterocycles. The molecule has 0 amide bonds. The number of nitrogens with zero attached hydrogens (tertiary/aromatic N) is 1. The summed E-state index contributed by atoms with van der Waals surface area (Å²) in [7, 11) is -1.48. The van der Waals surface area contributed by atoms with Gasteiger partial charge in [-0.25, -0.2) is 4.67 Å². The van der Waals surface area contributed by atoms with Crippen LogP contribution in [0.3, 0.4) is 0 Å². The average molecular weight is 492 g/mol. The summed E-state index contributed by atoms with van der Waals surface area (Å²) in [6.45, 7) is 0. The van der Waals surface area contributed by atoms with Gasteiger partial charge in [-0.2, -0.15) is 0 Å². The van der Waals surface area contributed by atoms with E-state index in [1.807, 2.05) is 0 Å². The fourth-order valence-electron chi connectivity index (χ4n) is 6.06. The monoisotopic (exact) mass is 491 g/mol. The van der Waals surface area contributed by atoms with Gasteiger partial charge in [0.1, 0.15) is 11.2 Å². The molecule has 4 heteroatoms. The van der Waals surface area contributed by atoms with E-state index < -0.39 is 8.16 Å². The van der Waals surface area contributed by atoms with Gasteiger partial charge in [0, 0.05) is 10.8 Å². The minimum absolute atomic E-state index is 0.969. The van der Waals surface area contributed by atoms with Gasteiger partial charge in [-0.15, -0.1) is 0 Å². The van der Waals surface area contributed by atoms with E-state index in [0.717, 1.165) is 48.2 Å². The lowest BCUT2D eigenvalue weighted by Gasteiger charge is -2.21. The lowest BCUT2D eigenvalue weighted by atomic mass is 9.84. The van der Waals surface area contributed by atoms with Gasteiger partial charge in [-0.05, 0) is 110 Å². The molecule has 0 saturated heterocycles. The van der Waals surface area contributed by atoms with E-state index in [-0.39, 0.29) is 0 Å². The van der Waals surface area contributed by atoms with Crippen LogP contribution in [0.4, 0.5) is 11.4 Å². The van der Waals surface area contributed by atoms with E-state index in [2.05, 4.69) is 89.6 Å². The summed E-state index contributed by atoms with van der Waals surface area (Å²) in [5.41, 5.74) is 9.99. The second-order valence-electron chi connectivity index (χ2n) is 9.97. The van der Waals surface area contributed by atoms with Crippen molar-refractivity contribution in [3.63, 3.8) is 0 Å². The Hall–Kier alpha value is -3.42. The van der Waals surface area contributed by atoms with Crippen LogP contribution in [0.5, 0.6) is 0 Å². The van der Waals surface area contributed by atoms with Gasteiger partial charge in [0.05, 0.1) is 11.4 Å². The maximum atomic E-state index is 6.94. The van der Waals surface area contributed by atoms with Crippen LogP contribution in [0, 0.1) is 0 Å². The normalized spacial score (nSPS) is 14.9. The third-order valence-corrected chi connectivity index (χ3v) is 9.25. The Morgan fingerprint density at radius 2 is 0.944 bits per heavy atom. The summed E-state index contributed by atoms with van der Waals surface area (Å²) < 4.78 is 16.1. The summed E-state index contributed by atoms with van der Waals surface area (Å²) in [4.78, 5) is 0. The minimum atomic E-state index is -1.48. The molecule has 0 radical (unpaired) electrons. The van der Waals surface area contributed by atoms with Crippen LogP contribution in [0.2, 0.25) is 0 Å². The first-order valence-corrected chi connectivity index (χ1v) is 14.4. The van der Waals surface area contributed by atoms with Crippen molar-refractivity contribution < 1.29 is 8.39 Å². The van der Waals surface area contributed by atoms with Crippen molar-refractivity contribution in [2.75, 3.05) is 4.67 Å². The summed E-state index contributed by atoms with van der Waals surface area (Å²) in [5, 5.41) is 2.60. The number of para-hydroxylation sites is 2. The highest BCUT2D eigenvalue weighted by Crippen LogP contribution is 2.47. The number of hydrogen-bond acceptors (Lipinski definition) is 3. The third kappa shape index (κ3) is 3.74. The van der Waals surface area contributed by atoms with Crippen LogP contribution in [0.15, 0.2) is 93.3 Å². The predicted octanol–water partition coefficient (Wildman–Crippen LogP) is 9.65. The molecule has 2 aliphatic carbocycles. The highest BCUT2D eigenvalue weighted by atomic mass is 31.1. The van der Waals surface area contributed by atoms with Crippen molar-refractivity contribution >= 4 is 41.5 Å². The zero-order valence-corrected chi connectivity index (χ0v) is 21.3. The first-order chi connectivity index (χ1) is 17.9. The number of hydrogen-bond donors (Lipinski definition) is 0. The molecule has 0 unspecified atom stereocenters. The molecule has 36 heavy (non-hydrogen) atoms. The molecule has 0 bridgehead atoms. The van der Waals surface area contributed by atoms with Gasteiger partial charge in [-0.3, -0.25) is 0 Å². The van der Waals surface area contributed by atoms with Gasteiger partial charge < -0.3 is 8.39 Å². The quantitative estimate of drug-likeness (QED) is 0.252. The van der Waals surface area contributed by atoms with Crippen LogP contribution in [-0.2, 0) is 25.7 Å². The molecule has 4 aromatic carbocycles. The molecule has 180 valence electrons. The zero-order valence-electron chi connectivity index (χ0n) is 20.5. The summed E-state index contributed by atoms with van der Waals surface area (Å²) in [6, 6.07) is 30.0. The molecule has 0 spiro atoms. The van der Waals surface area contributed by atoms with Crippen molar-refractivity contribution in [2.24, 2.45) is 0 Å². The smallest absolute Gasteiger partial charge is 0.346 e. The molecule has 0 saturated carbocycles. The van der Waals surface area contributed by atoms with Crippen molar-refractivity contribution in [1.29, 1.82) is 0 Å². The largest absolute Gasteiger partial charge is 0.403 e. The van der Waals surface area contributed by atoms with E-state index >= 15 is 0 Å². The first kappa shape index (κ1) is 21.8. The summed E-state index contributed by atoms with van der Waals surface area (Å²) >= 11 is 0. The standard InChI is InChI=1S/C32H30NO2P/c1-3-13-25(14-4-1)33(26-15-5-2-6-16-26)36-34-29-21-19-23-11-7-9-17-27(23)31(29)32-28-18-10-8-12-24(28)20-22-30(32)35-36/h1-6,13-16,19-22H,7-12,17-18H2. The number of anilines is 2. The second kappa shape index (κ2) is 9.22. The molecular weight excluding hydrogens is 461 g/mol. The first-order valence-electron chi connectivity index (χ1n) is 13.2. The maximum absolute atomic E-state index is 6.94. The molecule has 0 fully saturated rings. The van der Waals surface area contributed by atoms with Gasteiger partial charge in [0.25, 0.3) is 0 Å². The van der Waals surface area contributed by atoms with Crippen LogP contribution >= 0.6 is 8.16 Å². The van der Waals surface area contributed by atoms with Crippen LogP contribution in [-0.4, -0.2) is 0 Å². The zero-order chi connectivity index (χ0) is 23.9. The Kier molecular flexibility index (Phi) is 5.59. The Morgan fingerprint density at radius 3 is 1.42 bits per heavy atom. The van der Waals surface area contributed by atoms with E-state index in [1.54, 1.807) is 0 Å². The van der Waals surface area contributed by atoms with Crippen molar-refractivity contribution in [3.05, 3.63) is 107 Å². The van der Waals surface area contributed by atoms with E-state index in [0.29, 0.717) is 0 Å². The Balaban J connectivity index is 1.60. The SMILES string of the molecule is c1ccc(N(c2ccccc2)p2oc3ccc4c(c3c3c5c(ccc3o2)CCCC5)CCCC4)cc1. The van der Waals surface area contributed by atoms with Crippen LogP contribution < -0.4 is 4.67 Å². The lowest BCUT2D eigenvalue weighted by molar-refractivity contribution is 0.637. The molecule has 3 nitrogen and oxygen atoms in total. The van der Waals surface area contributed by atoms with Crippen molar-refractivity contribution in [1.82, 2.24) is 0 Å². The average Bonchev–Trinajstić information content (AvgIpc) is 3.11. The highest BCUT2D eigenvalue weighted by Gasteiger charge is 2.23. The van der Waals surface area contributed by atoms with E-state index in [1.165, 1.54) is 58.7 Å². The molecule has 2 aliphatic rings. The molecule has 5 aromatic rings. The molecule has 1 heterocycles. The Bertz CT molecular complexity index is 1470. The van der Waals surface area contributed by atoms with Crippen molar-refractivity contribution in [3.8, 4) is 0 Å². The van der Waals surface area contributed by atoms with Crippen LogP contribution in [0.25, 0.3) is 21.9 Å². The second-order valence-corrected chi connectivity index (χ2v) is 11.2. The van der Waals surface area contributed by atoms with Gasteiger partial charge in [0.15, 0.2) is 0 Å². The Morgan fingerprint density at radius 1 is 0.500 bits per heavy atom. The Labute approximate surface area is 213 Å². The maximum Gasteiger partial charge on any atom is 0.346 e. The molecule has 7 rings (SSSR count). The summed E-state index contributed by atoms with van der Waals surface area (Å²) in [6.07, 6.45) is 9.56. The van der Waals surface area contributed by atoms with Crippen molar-refractivity contribution in [2.45, 2.75) is 51.4 Å². The number of rotatable bonds is 3. The third-order valence-electron chi connectivity index (χ3n) is 7.76. The van der Waals surface area contributed by atoms with Gasteiger partial charge in [-0.1, -0.05) is 48.5 Å².